The number of halogens is 1. The van der Waals surface area contributed by atoms with Crippen molar-refractivity contribution in [3.05, 3.63) is 53.7 Å². The first-order valence-electron chi connectivity index (χ1n) is 9.22. The van der Waals surface area contributed by atoms with Crippen LogP contribution in [0.1, 0.15) is 37.3 Å². The summed E-state index contributed by atoms with van der Waals surface area (Å²) in [6, 6.07) is 6.90. The third-order valence-electron chi connectivity index (χ3n) is 5.01. The molecule has 1 fully saturated rings. The van der Waals surface area contributed by atoms with Crippen molar-refractivity contribution in [3.63, 3.8) is 0 Å². The number of hydrogen-bond donors (Lipinski definition) is 1. The molecule has 1 aliphatic rings. The standard InChI is InChI=1S/C20H27FN4O/c1-15(2)19-11-22-14-23-20(19)25-9-8-24(18(13-25)7-10-26)12-16-3-5-17(21)6-4-16/h3-6,11,14-15,18,26H,7-10,12-13H2,1-2H3/t18-/m0/s1. The molecule has 5 nitrogen and oxygen atoms in total. The highest BCUT2D eigenvalue weighted by atomic mass is 19.1. The Balaban J connectivity index is 1.74. The van der Waals surface area contributed by atoms with Crippen LogP contribution in [0.4, 0.5) is 10.2 Å². The van der Waals surface area contributed by atoms with E-state index in [0.717, 1.165) is 43.1 Å². The molecule has 0 unspecified atom stereocenters. The minimum atomic E-state index is -0.213. The highest BCUT2D eigenvalue weighted by Gasteiger charge is 2.28. The molecule has 1 N–H and O–H groups in total. The zero-order valence-electron chi connectivity index (χ0n) is 15.5. The van der Waals surface area contributed by atoms with E-state index in [1.807, 2.05) is 18.3 Å². The first-order chi connectivity index (χ1) is 12.6. The van der Waals surface area contributed by atoms with Gasteiger partial charge in [-0.15, -0.1) is 0 Å². The van der Waals surface area contributed by atoms with Crippen molar-refractivity contribution in [2.45, 2.75) is 38.8 Å². The Hall–Kier alpha value is -2.05. The number of benzene rings is 1. The van der Waals surface area contributed by atoms with E-state index >= 15 is 0 Å². The Labute approximate surface area is 154 Å². The van der Waals surface area contributed by atoms with Crippen LogP contribution in [0.3, 0.4) is 0 Å². The average molecular weight is 358 g/mol. The van der Waals surface area contributed by atoms with Crippen molar-refractivity contribution in [2.75, 3.05) is 31.1 Å². The molecule has 1 aromatic heterocycles. The van der Waals surface area contributed by atoms with E-state index in [4.69, 9.17) is 0 Å². The van der Waals surface area contributed by atoms with Gasteiger partial charge in [-0.25, -0.2) is 14.4 Å². The topological polar surface area (TPSA) is 52.5 Å². The molecule has 1 aromatic carbocycles. The van der Waals surface area contributed by atoms with Crippen LogP contribution in [0.5, 0.6) is 0 Å². The lowest BCUT2D eigenvalue weighted by atomic mass is 10.0. The molecule has 1 aliphatic heterocycles. The van der Waals surface area contributed by atoms with Crippen molar-refractivity contribution in [3.8, 4) is 0 Å². The molecule has 0 spiro atoms. The SMILES string of the molecule is CC(C)c1cncnc1N1CCN(Cc2ccc(F)cc2)[C@@H](CCO)C1. The Kier molecular flexibility index (Phi) is 6.16. The minimum Gasteiger partial charge on any atom is -0.396 e. The van der Waals surface area contributed by atoms with Crippen molar-refractivity contribution in [1.82, 2.24) is 14.9 Å². The van der Waals surface area contributed by atoms with Gasteiger partial charge in [0.25, 0.3) is 0 Å². The van der Waals surface area contributed by atoms with E-state index in [0.29, 0.717) is 12.3 Å². The van der Waals surface area contributed by atoms with Gasteiger partial charge in [-0.1, -0.05) is 26.0 Å². The number of rotatable bonds is 6. The van der Waals surface area contributed by atoms with E-state index in [2.05, 4.69) is 33.6 Å². The number of hydrogen-bond acceptors (Lipinski definition) is 5. The van der Waals surface area contributed by atoms with Crippen LogP contribution < -0.4 is 4.90 Å². The van der Waals surface area contributed by atoms with Gasteiger partial charge in [-0.05, 0) is 30.0 Å². The molecule has 1 saturated heterocycles. The molecule has 6 heteroatoms. The molecule has 0 amide bonds. The van der Waals surface area contributed by atoms with E-state index in [1.54, 1.807) is 6.33 Å². The second-order valence-electron chi connectivity index (χ2n) is 7.17. The van der Waals surface area contributed by atoms with Crippen molar-refractivity contribution < 1.29 is 9.50 Å². The smallest absolute Gasteiger partial charge is 0.135 e. The van der Waals surface area contributed by atoms with Crippen molar-refractivity contribution >= 4 is 5.82 Å². The van der Waals surface area contributed by atoms with E-state index in [-0.39, 0.29) is 18.5 Å². The lowest BCUT2D eigenvalue weighted by molar-refractivity contribution is 0.135. The van der Waals surface area contributed by atoms with Gasteiger partial charge in [0, 0.05) is 50.6 Å². The first kappa shape index (κ1) is 18.7. The third-order valence-corrected chi connectivity index (χ3v) is 5.01. The van der Waals surface area contributed by atoms with Crippen LogP contribution in [0, 0.1) is 5.82 Å². The van der Waals surface area contributed by atoms with Crippen LogP contribution in [0.15, 0.2) is 36.8 Å². The van der Waals surface area contributed by atoms with E-state index < -0.39 is 0 Å². The molecule has 2 heterocycles. The number of piperazine rings is 1. The van der Waals surface area contributed by atoms with E-state index in [9.17, 15) is 9.50 Å². The molecule has 0 bridgehead atoms. The summed E-state index contributed by atoms with van der Waals surface area (Å²) in [6.07, 6.45) is 4.21. The Morgan fingerprint density at radius 2 is 2.00 bits per heavy atom. The van der Waals surface area contributed by atoms with Crippen LogP contribution >= 0.6 is 0 Å². The van der Waals surface area contributed by atoms with Gasteiger partial charge < -0.3 is 10.0 Å². The zero-order valence-corrected chi connectivity index (χ0v) is 15.5. The van der Waals surface area contributed by atoms with Gasteiger partial charge in [-0.2, -0.15) is 0 Å². The molecule has 2 aromatic rings. The number of anilines is 1. The average Bonchev–Trinajstić information content (AvgIpc) is 2.65. The molecular formula is C20H27FN4O. The van der Waals surface area contributed by atoms with E-state index in [1.165, 1.54) is 12.1 Å². The maximum Gasteiger partial charge on any atom is 0.135 e. The number of aliphatic hydroxyl groups excluding tert-OH is 1. The predicted octanol–water partition coefficient (Wildman–Crippen LogP) is 2.81. The highest BCUT2D eigenvalue weighted by molar-refractivity contribution is 5.47. The molecule has 0 aliphatic carbocycles. The van der Waals surface area contributed by atoms with Crippen LogP contribution in [-0.2, 0) is 6.54 Å². The lowest BCUT2D eigenvalue weighted by Gasteiger charge is -2.42. The first-order valence-corrected chi connectivity index (χ1v) is 9.22. The predicted molar refractivity (Wildman–Crippen MR) is 101 cm³/mol. The zero-order chi connectivity index (χ0) is 18.5. The quantitative estimate of drug-likeness (QED) is 0.861. The Morgan fingerprint density at radius 1 is 1.23 bits per heavy atom. The fourth-order valence-corrected chi connectivity index (χ4v) is 3.55. The molecule has 3 rings (SSSR count). The summed E-state index contributed by atoms with van der Waals surface area (Å²) < 4.78 is 13.1. The van der Waals surface area contributed by atoms with Gasteiger partial charge in [0.15, 0.2) is 0 Å². The van der Waals surface area contributed by atoms with Gasteiger partial charge >= 0.3 is 0 Å². The number of nitrogens with zero attached hydrogens (tertiary/aromatic N) is 4. The summed E-state index contributed by atoms with van der Waals surface area (Å²) in [5.74, 6) is 1.15. The normalized spacial score (nSPS) is 18.5. The highest BCUT2D eigenvalue weighted by Crippen LogP contribution is 2.27. The van der Waals surface area contributed by atoms with Crippen molar-refractivity contribution in [2.24, 2.45) is 0 Å². The molecule has 140 valence electrons. The maximum absolute atomic E-state index is 13.1. The molecular weight excluding hydrogens is 331 g/mol. The molecule has 26 heavy (non-hydrogen) atoms. The molecule has 0 saturated carbocycles. The lowest BCUT2D eigenvalue weighted by Crippen LogP contribution is -2.53. The number of aromatic nitrogens is 2. The van der Waals surface area contributed by atoms with Crippen molar-refractivity contribution in [1.29, 1.82) is 0 Å². The maximum atomic E-state index is 13.1. The van der Waals surface area contributed by atoms with Crippen LogP contribution in [0.2, 0.25) is 0 Å². The second-order valence-corrected chi connectivity index (χ2v) is 7.17. The molecule has 1 atom stereocenters. The fourth-order valence-electron chi connectivity index (χ4n) is 3.55. The summed E-state index contributed by atoms with van der Waals surface area (Å²) in [6.45, 7) is 7.79. The second kappa shape index (κ2) is 8.56. The number of aliphatic hydroxyl groups is 1. The van der Waals surface area contributed by atoms with Gasteiger partial charge in [-0.3, -0.25) is 4.90 Å². The largest absolute Gasteiger partial charge is 0.396 e. The summed E-state index contributed by atoms with van der Waals surface area (Å²) in [4.78, 5) is 13.4. The summed E-state index contributed by atoms with van der Waals surface area (Å²) >= 11 is 0. The Morgan fingerprint density at radius 3 is 2.69 bits per heavy atom. The molecule has 0 radical (unpaired) electrons. The Bertz CT molecular complexity index is 707. The third kappa shape index (κ3) is 4.37. The minimum absolute atomic E-state index is 0.152. The van der Waals surface area contributed by atoms with Crippen LogP contribution in [-0.4, -0.2) is 52.3 Å². The summed E-state index contributed by atoms with van der Waals surface area (Å²) in [5, 5.41) is 9.52. The summed E-state index contributed by atoms with van der Waals surface area (Å²) in [5.41, 5.74) is 2.25. The monoisotopic (exact) mass is 358 g/mol. The van der Waals surface area contributed by atoms with Crippen LogP contribution in [0.25, 0.3) is 0 Å². The van der Waals surface area contributed by atoms with Gasteiger partial charge in [0.05, 0.1) is 0 Å². The van der Waals surface area contributed by atoms with Gasteiger partial charge in [0.1, 0.15) is 18.0 Å². The van der Waals surface area contributed by atoms with Gasteiger partial charge in [0.2, 0.25) is 0 Å². The summed E-state index contributed by atoms with van der Waals surface area (Å²) in [7, 11) is 0. The fraction of sp³-hybridized carbons (Fsp3) is 0.500.